The van der Waals surface area contributed by atoms with E-state index in [0.29, 0.717) is 0 Å². The van der Waals surface area contributed by atoms with E-state index >= 15 is 0 Å². The van der Waals surface area contributed by atoms with E-state index in [1.807, 2.05) is 7.05 Å². The Labute approximate surface area is 113 Å². The molecule has 0 saturated heterocycles. The van der Waals surface area contributed by atoms with Crippen molar-refractivity contribution in [3.05, 3.63) is 53.7 Å². The lowest BCUT2D eigenvalue weighted by Gasteiger charge is -2.23. The standard InChI is InChI=1S/C17H17NO/c1-17(2)15(10-11-19)18(3)14-9-8-12-6-4-5-7-13(12)16(14)17/h4-11H,1-3H3/b15-10-. The predicted octanol–water partition coefficient (Wildman–Crippen LogP) is 3.65. The fraction of sp³-hybridized carbons (Fsp3) is 0.235. The lowest BCUT2D eigenvalue weighted by atomic mass is 9.81. The first-order chi connectivity index (χ1) is 9.07. The van der Waals surface area contributed by atoms with Crippen LogP contribution in [0.4, 0.5) is 5.69 Å². The number of allylic oxidation sites excluding steroid dienone is 2. The maximum atomic E-state index is 10.9. The zero-order chi connectivity index (χ0) is 13.6. The van der Waals surface area contributed by atoms with Crippen molar-refractivity contribution >= 4 is 22.7 Å². The number of nitrogens with zero attached hydrogens (tertiary/aromatic N) is 1. The van der Waals surface area contributed by atoms with E-state index in [0.717, 1.165) is 12.0 Å². The zero-order valence-corrected chi connectivity index (χ0v) is 11.5. The first kappa shape index (κ1) is 12.0. The van der Waals surface area contributed by atoms with Gasteiger partial charge in [0.05, 0.1) is 0 Å². The summed E-state index contributed by atoms with van der Waals surface area (Å²) >= 11 is 0. The smallest absolute Gasteiger partial charge is 0.144 e. The van der Waals surface area contributed by atoms with Crippen molar-refractivity contribution < 1.29 is 4.79 Å². The molecule has 0 aliphatic carbocycles. The van der Waals surface area contributed by atoms with Crippen LogP contribution in [0.25, 0.3) is 10.8 Å². The first-order valence-electron chi connectivity index (χ1n) is 6.49. The second-order valence-electron chi connectivity index (χ2n) is 5.55. The maximum Gasteiger partial charge on any atom is 0.144 e. The second-order valence-corrected chi connectivity index (χ2v) is 5.55. The quantitative estimate of drug-likeness (QED) is 0.569. The van der Waals surface area contributed by atoms with Crippen molar-refractivity contribution in [3.8, 4) is 0 Å². The SMILES string of the molecule is CN1/C(=C\C=O)C(C)(C)c2c1ccc1ccccc21. The number of benzene rings is 2. The van der Waals surface area contributed by atoms with Gasteiger partial charge in [0, 0.05) is 23.8 Å². The summed E-state index contributed by atoms with van der Waals surface area (Å²) in [5.74, 6) is 0. The predicted molar refractivity (Wildman–Crippen MR) is 79.5 cm³/mol. The molecule has 0 atom stereocenters. The highest BCUT2D eigenvalue weighted by molar-refractivity contribution is 5.95. The van der Waals surface area contributed by atoms with Crippen molar-refractivity contribution in [2.75, 3.05) is 11.9 Å². The highest BCUT2D eigenvalue weighted by Crippen LogP contribution is 2.49. The van der Waals surface area contributed by atoms with E-state index < -0.39 is 0 Å². The van der Waals surface area contributed by atoms with Crippen LogP contribution >= 0.6 is 0 Å². The summed E-state index contributed by atoms with van der Waals surface area (Å²) in [5.41, 5.74) is 3.40. The maximum absolute atomic E-state index is 10.9. The molecule has 2 aromatic rings. The van der Waals surface area contributed by atoms with Crippen LogP contribution in [0.5, 0.6) is 0 Å². The van der Waals surface area contributed by atoms with E-state index in [9.17, 15) is 4.79 Å². The van der Waals surface area contributed by atoms with Crippen molar-refractivity contribution in [2.45, 2.75) is 19.3 Å². The molecule has 0 N–H and O–H groups in total. The van der Waals surface area contributed by atoms with Gasteiger partial charge in [-0.25, -0.2) is 0 Å². The van der Waals surface area contributed by atoms with Gasteiger partial charge >= 0.3 is 0 Å². The zero-order valence-electron chi connectivity index (χ0n) is 11.5. The molecular formula is C17H17NO. The summed E-state index contributed by atoms with van der Waals surface area (Å²) in [6, 6.07) is 12.7. The van der Waals surface area contributed by atoms with E-state index in [1.54, 1.807) is 6.08 Å². The van der Waals surface area contributed by atoms with Gasteiger partial charge in [0.25, 0.3) is 0 Å². The molecule has 0 aromatic heterocycles. The number of fused-ring (bicyclic) bond motifs is 3. The highest BCUT2D eigenvalue weighted by Gasteiger charge is 2.39. The molecule has 1 heterocycles. The lowest BCUT2D eigenvalue weighted by molar-refractivity contribution is -0.104. The molecule has 0 spiro atoms. The Kier molecular flexibility index (Phi) is 2.49. The van der Waals surface area contributed by atoms with Crippen LogP contribution in [0.1, 0.15) is 19.4 Å². The average Bonchev–Trinajstić information content (AvgIpc) is 2.60. The molecule has 1 aliphatic heterocycles. The third-order valence-corrected chi connectivity index (χ3v) is 4.12. The van der Waals surface area contributed by atoms with Gasteiger partial charge in [-0.2, -0.15) is 0 Å². The van der Waals surface area contributed by atoms with Crippen molar-refractivity contribution in [1.29, 1.82) is 0 Å². The van der Waals surface area contributed by atoms with Crippen LogP contribution in [0.15, 0.2) is 48.2 Å². The first-order valence-corrected chi connectivity index (χ1v) is 6.49. The number of carbonyl (C=O) groups excluding carboxylic acids is 1. The fourth-order valence-corrected chi connectivity index (χ4v) is 3.26. The number of likely N-dealkylation sites (N-methyl/N-ethyl adjacent to an activating group) is 1. The lowest BCUT2D eigenvalue weighted by Crippen LogP contribution is -2.23. The molecule has 0 fully saturated rings. The van der Waals surface area contributed by atoms with Gasteiger partial charge in [-0.15, -0.1) is 0 Å². The molecule has 2 aromatic carbocycles. The number of anilines is 1. The molecule has 96 valence electrons. The Morgan fingerprint density at radius 2 is 1.84 bits per heavy atom. The highest BCUT2D eigenvalue weighted by atomic mass is 16.1. The Morgan fingerprint density at radius 1 is 1.11 bits per heavy atom. The molecule has 19 heavy (non-hydrogen) atoms. The second kappa shape index (κ2) is 3.95. The molecule has 2 nitrogen and oxygen atoms in total. The normalized spacial score (nSPS) is 18.9. The minimum atomic E-state index is -0.147. The average molecular weight is 251 g/mol. The number of aldehydes is 1. The largest absolute Gasteiger partial charge is 0.347 e. The molecule has 0 unspecified atom stereocenters. The number of rotatable bonds is 1. The summed E-state index contributed by atoms with van der Waals surface area (Å²) in [6.07, 6.45) is 2.55. The molecule has 0 amide bonds. The summed E-state index contributed by atoms with van der Waals surface area (Å²) in [7, 11) is 2.03. The summed E-state index contributed by atoms with van der Waals surface area (Å²) < 4.78 is 0. The molecule has 1 aliphatic rings. The third-order valence-electron chi connectivity index (χ3n) is 4.12. The van der Waals surface area contributed by atoms with Crippen LogP contribution in [0.2, 0.25) is 0 Å². The minimum Gasteiger partial charge on any atom is -0.347 e. The fourth-order valence-electron chi connectivity index (χ4n) is 3.26. The van der Waals surface area contributed by atoms with Crippen LogP contribution in [-0.4, -0.2) is 13.3 Å². The summed E-state index contributed by atoms with van der Waals surface area (Å²) in [4.78, 5) is 13.0. The molecule has 3 rings (SSSR count). The van der Waals surface area contributed by atoms with E-state index in [4.69, 9.17) is 0 Å². The van der Waals surface area contributed by atoms with Gasteiger partial charge < -0.3 is 4.90 Å². The van der Waals surface area contributed by atoms with Gasteiger partial charge in [0.2, 0.25) is 0 Å². The Morgan fingerprint density at radius 3 is 2.58 bits per heavy atom. The van der Waals surface area contributed by atoms with E-state index in [1.165, 1.54) is 22.0 Å². The van der Waals surface area contributed by atoms with Gasteiger partial charge in [-0.1, -0.05) is 44.2 Å². The summed E-state index contributed by atoms with van der Waals surface area (Å²) in [5, 5.41) is 2.52. The van der Waals surface area contributed by atoms with Crippen LogP contribution in [0, 0.1) is 0 Å². The molecule has 0 saturated carbocycles. The number of carbonyl (C=O) groups is 1. The van der Waals surface area contributed by atoms with Crippen LogP contribution in [0.3, 0.4) is 0 Å². The third kappa shape index (κ3) is 1.53. The molecule has 0 bridgehead atoms. The van der Waals surface area contributed by atoms with Crippen LogP contribution < -0.4 is 4.90 Å². The topological polar surface area (TPSA) is 20.3 Å². The molecule has 0 radical (unpaired) electrons. The van der Waals surface area contributed by atoms with Crippen molar-refractivity contribution in [1.82, 2.24) is 0 Å². The van der Waals surface area contributed by atoms with E-state index in [-0.39, 0.29) is 5.41 Å². The Bertz CT molecular complexity index is 697. The molecular weight excluding hydrogens is 234 g/mol. The van der Waals surface area contributed by atoms with Crippen molar-refractivity contribution in [2.24, 2.45) is 0 Å². The summed E-state index contributed by atoms with van der Waals surface area (Å²) in [6.45, 7) is 4.36. The van der Waals surface area contributed by atoms with Gasteiger partial charge in [0.15, 0.2) is 0 Å². The van der Waals surface area contributed by atoms with Crippen molar-refractivity contribution in [3.63, 3.8) is 0 Å². The Balaban J connectivity index is 2.40. The van der Waals surface area contributed by atoms with Gasteiger partial charge in [-0.3, -0.25) is 4.79 Å². The minimum absolute atomic E-state index is 0.147. The van der Waals surface area contributed by atoms with E-state index in [2.05, 4.69) is 55.1 Å². The van der Waals surface area contributed by atoms with Gasteiger partial charge in [-0.05, 0) is 28.5 Å². The number of hydrogen-bond donors (Lipinski definition) is 0. The number of hydrogen-bond acceptors (Lipinski definition) is 2. The van der Waals surface area contributed by atoms with Crippen LogP contribution in [-0.2, 0) is 10.2 Å². The molecule has 2 heteroatoms. The van der Waals surface area contributed by atoms with Gasteiger partial charge in [0.1, 0.15) is 6.29 Å². The Hall–Kier alpha value is -2.09. The monoisotopic (exact) mass is 251 g/mol.